The van der Waals surface area contributed by atoms with Crippen LogP contribution >= 0.6 is 0 Å². The van der Waals surface area contributed by atoms with Crippen molar-refractivity contribution in [1.29, 1.82) is 0 Å². The summed E-state index contributed by atoms with van der Waals surface area (Å²) in [5, 5.41) is 8.74. The van der Waals surface area contributed by atoms with Gasteiger partial charge in [0, 0.05) is 0 Å². The lowest BCUT2D eigenvalue weighted by Gasteiger charge is -2.19. The van der Waals surface area contributed by atoms with Gasteiger partial charge in [-0.1, -0.05) is 0 Å². The van der Waals surface area contributed by atoms with E-state index in [1.807, 2.05) is 0 Å². The van der Waals surface area contributed by atoms with Crippen LogP contribution in [0.1, 0.15) is 0 Å². The number of nitrogens with zero attached hydrogens (tertiary/aromatic N) is 1. The van der Waals surface area contributed by atoms with Crippen molar-refractivity contribution in [3.05, 3.63) is 0 Å². The third kappa shape index (κ3) is 2.52. The third-order valence-corrected chi connectivity index (χ3v) is 1.26. The van der Waals surface area contributed by atoms with E-state index in [0.717, 1.165) is 0 Å². The van der Waals surface area contributed by atoms with Crippen LogP contribution in [0.4, 0.5) is 0 Å². The molecule has 0 atom stereocenters. The van der Waals surface area contributed by atoms with Gasteiger partial charge >= 0.3 is 19.3 Å². The minimum absolute atomic E-state index is 0.0356. The van der Waals surface area contributed by atoms with Crippen LogP contribution in [0, 0.1) is 0 Å². The highest BCUT2D eigenvalue weighted by Gasteiger charge is 2.30. The number of rotatable bonds is 0. The Hall–Kier alpha value is -1.08. The molecule has 66 valence electrons. The fourth-order valence-electron chi connectivity index (χ4n) is 0.820. The summed E-state index contributed by atoms with van der Waals surface area (Å²) in [6.07, 6.45) is 0. The zero-order valence-electron chi connectivity index (χ0n) is 6.52. The number of carbonyl (C=O) groups is 2. The number of hydrogen-bond acceptors (Lipinski definition) is 6. The highest BCUT2D eigenvalue weighted by atomic mass is 16.7. The van der Waals surface area contributed by atoms with E-state index >= 15 is 0 Å². The van der Waals surface area contributed by atoms with Crippen LogP contribution in [0.3, 0.4) is 0 Å². The molecule has 0 aromatic heterocycles. The molecule has 6 nitrogen and oxygen atoms in total. The number of hydrogen-bond donors (Lipinski definition) is 1. The SMILES string of the molecule is CN1CC(=O)OB(O)OC(=O)C1. The molecule has 0 spiro atoms. The predicted octanol–water partition coefficient (Wildman–Crippen LogP) is -2.00. The van der Waals surface area contributed by atoms with Crippen LogP contribution in [0.5, 0.6) is 0 Å². The maximum absolute atomic E-state index is 10.7. The zero-order chi connectivity index (χ0) is 9.14. The molecule has 0 aromatic rings. The van der Waals surface area contributed by atoms with Crippen LogP contribution in [0.2, 0.25) is 0 Å². The van der Waals surface area contributed by atoms with E-state index < -0.39 is 19.3 Å². The highest BCUT2D eigenvalue weighted by Crippen LogP contribution is 1.96. The molecule has 1 fully saturated rings. The molecule has 1 rings (SSSR count). The lowest BCUT2D eigenvalue weighted by molar-refractivity contribution is -0.147. The normalized spacial score (nSPS) is 21.0. The summed E-state index contributed by atoms with van der Waals surface area (Å²) in [7, 11) is -0.195. The molecule has 1 aliphatic rings. The largest absolute Gasteiger partial charge is 0.789 e. The van der Waals surface area contributed by atoms with Crippen LogP contribution in [0.15, 0.2) is 0 Å². The minimum atomic E-state index is -1.77. The zero-order valence-corrected chi connectivity index (χ0v) is 6.52. The molecule has 0 aliphatic carbocycles. The Morgan fingerprint density at radius 1 is 1.33 bits per heavy atom. The van der Waals surface area contributed by atoms with Crippen molar-refractivity contribution in [2.45, 2.75) is 0 Å². The Balaban J connectivity index is 2.57. The summed E-state index contributed by atoms with van der Waals surface area (Å²) in [5.41, 5.74) is 0. The molecule has 0 amide bonds. The van der Waals surface area contributed by atoms with Crippen LogP contribution in [-0.2, 0) is 18.9 Å². The molecular formula is C5H8BNO5. The van der Waals surface area contributed by atoms with Gasteiger partial charge < -0.3 is 14.3 Å². The summed E-state index contributed by atoms with van der Waals surface area (Å²) in [5.74, 6) is -1.25. The van der Waals surface area contributed by atoms with Crippen molar-refractivity contribution in [2.24, 2.45) is 0 Å². The Labute approximate surface area is 69.2 Å². The van der Waals surface area contributed by atoms with Crippen molar-refractivity contribution in [3.63, 3.8) is 0 Å². The first-order valence-electron chi connectivity index (χ1n) is 3.33. The molecule has 1 saturated heterocycles. The van der Waals surface area contributed by atoms with Gasteiger partial charge in [-0.15, -0.1) is 0 Å². The second-order valence-electron chi connectivity index (χ2n) is 2.46. The van der Waals surface area contributed by atoms with E-state index in [1.54, 1.807) is 7.05 Å². The summed E-state index contributed by atoms with van der Waals surface area (Å²) < 4.78 is 8.53. The van der Waals surface area contributed by atoms with E-state index in [2.05, 4.69) is 9.31 Å². The molecule has 0 aromatic carbocycles. The van der Waals surface area contributed by atoms with Crippen LogP contribution in [-0.4, -0.2) is 49.3 Å². The van der Waals surface area contributed by atoms with Gasteiger partial charge in [-0.05, 0) is 7.05 Å². The predicted molar refractivity (Wildman–Crippen MR) is 37.7 cm³/mol. The summed E-state index contributed by atoms with van der Waals surface area (Å²) in [6.45, 7) is -0.0711. The first-order chi connectivity index (χ1) is 5.58. The van der Waals surface area contributed by atoms with E-state index in [-0.39, 0.29) is 13.1 Å². The van der Waals surface area contributed by atoms with E-state index in [0.29, 0.717) is 0 Å². The standard InChI is InChI=1S/C5H8BNO5/c1-7-2-4(8)11-6(10)12-5(9)3-7/h10H,2-3H2,1H3. The Bertz CT molecular complexity index is 170. The van der Waals surface area contributed by atoms with E-state index in [4.69, 9.17) is 5.02 Å². The second-order valence-corrected chi connectivity index (χ2v) is 2.46. The van der Waals surface area contributed by atoms with E-state index in [1.165, 1.54) is 4.90 Å². The number of likely N-dealkylation sites (N-methyl/N-ethyl adjacent to an activating group) is 1. The van der Waals surface area contributed by atoms with Gasteiger partial charge in [0.15, 0.2) is 0 Å². The van der Waals surface area contributed by atoms with Crippen molar-refractivity contribution < 1.29 is 23.9 Å². The molecular weight excluding hydrogens is 165 g/mol. The molecule has 0 unspecified atom stereocenters. The van der Waals surface area contributed by atoms with Crippen molar-refractivity contribution in [3.8, 4) is 0 Å². The summed E-state index contributed by atoms with van der Waals surface area (Å²) >= 11 is 0. The van der Waals surface area contributed by atoms with Gasteiger partial charge in [0.1, 0.15) is 0 Å². The smallest absolute Gasteiger partial charge is 0.473 e. The average molecular weight is 173 g/mol. The van der Waals surface area contributed by atoms with Gasteiger partial charge in [0.25, 0.3) is 0 Å². The molecule has 7 heteroatoms. The van der Waals surface area contributed by atoms with Crippen molar-refractivity contribution in [1.82, 2.24) is 4.90 Å². The fourth-order valence-corrected chi connectivity index (χ4v) is 0.820. The highest BCUT2D eigenvalue weighted by molar-refractivity contribution is 6.40. The maximum atomic E-state index is 10.7. The molecule has 1 N–H and O–H groups in total. The fraction of sp³-hybridized carbons (Fsp3) is 0.600. The first kappa shape index (κ1) is 9.02. The number of carbonyl (C=O) groups excluding carboxylic acids is 2. The Morgan fingerprint density at radius 2 is 1.75 bits per heavy atom. The van der Waals surface area contributed by atoms with Crippen molar-refractivity contribution in [2.75, 3.05) is 20.1 Å². The molecule has 12 heavy (non-hydrogen) atoms. The third-order valence-electron chi connectivity index (χ3n) is 1.26. The lowest BCUT2D eigenvalue weighted by Crippen LogP contribution is -2.42. The van der Waals surface area contributed by atoms with Gasteiger partial charge in [0.05, 0.1) is 13.1 Å². The van der Waals surface area contributed by atoms with Gasteiger partial charge in [0.2, 0.25) is 0 Å². The van der Waals surface area contributed by atoms with E-state index in [9.17, 15) is 9.59 Å². The lowest BCUT2D eigenvalue weighted by atomic mass is 10.2. The van der Waals surface area contributed by atoms with Gasteiger partial charge in [-0.3, -0.25) is 14.5 Å². The monoisotopic (exact) mass is 173 g/mol. The molecule has 1 aliphatic heterocycles. The molecule has 0 bridgehead atoms. The summed E-state index contributed by atoms with van der Waals surface area (Å²) in [6, 6.07) is 0. The van der Waals surface area contributed by atoms with Gasteiger partial charge in [-0.2, -0.15) is 0 Å². The first-order valence-corrected chi connectivity index (χ1v) is 3.33. The summed E-state index contributed by atoms with van der Waals surface area (Å²) in [4.78, 5) is 22.9. The molecule has 0 radical (unpaired) electrons. The Morgan fingerprint density at radius 3 is 2.17 bits per heavy atom. The van der Waals surface area contributed by atoms with Gasteiger partial charge in [-0.25, -0.2) is 0 Å². The van der Waals surface area contributed by atoms with Crippen LogP contribution in [0.25, 0.3) is 0 Å². The van der Waals surface area contributed by atoms with Crippen LogP contribution < -0.4 is 0 Å². The topological polar surface area (TPSA) is 76.1 Å². The molecule has 1 heterocycles. The quantitative estimate of drug-likeness (QED) is 0.426. The molecule has 0 saturated carbocycles. The average Bonchev–Trinajstić information content (AvgIpc) is 1.81. The maximum Gasteiger partial charge on any atom is 0.789 e. The Kier molecular flexibility index (Phi) is 2.67. The second kappa shape index (κ2) is 3.55. The van der Waals surface area contributed by atoms with Crippen molar-refractivity contribution >= 4 is 19.3 Å². The minimum Gasteiger partial charge on any atom is -0.473 e.